The number of hydrogen-bond acceptors (Lipinski definition) is 2. The second kappa shape index (κ2) is 5.53. The summed E-state index contributed by atoms with van der Waals surface area (Å²) in [6.45, 7) is 1.91. The Bertz CT molecular complexity index is 692. The topological polar surface area (TPSA) is 34.1 Å². The molecule has 0 aliphatic heterocycles. The van der Waals surface area contributed by atoms with Gasteiger partial charge in [-0.3, -0.25) is 0 Å². The lowest BCUT2D eigenvalue weighted by molar-refractivity contribution is 0.595. The maximum atomic E-state index is 12.3. The summed E-state index contributed by atoms with van der Waals surface area (Å²) in [7, 11) is -3.41. The Labute approximate surface area is 122 Å². The molecule has 0 N–H and O–H groups in total. The summed E-state index contributed by atoms with van der Waals surface area (Å²) in [6.07, 6.45) is 0. The van der Waals surface area contributed by atoms with Crippen LogP contribution in [0.4, 0.5) is 0 Å². The van der Waals surface area contributed by atoms with Crippen molar-refractivity contribution in [3.05, 3.63) is 63.6 Å². The van der Waals surface area contributed by atoms with Crippen LogP contribution in [0, 0.1) is 6.92 Å². The number of benzene rings is 2. The van der Waals surface area contributed by atoms with Gasteiger partial charge < -0.3 is 0 Å². The summed E-state index contributed by atoms with van der Waals surface area (Å²) < 4.78 is 24.5. The molecule has 0 aliphatic carbocycles. The van der Waals surface area contributed by atoms with Crippen LogP contribution < -0.4 is 0 Å². The molecule has 100 valence electrons. The minimum atomic E-state index is -3.41. The lowest BCUT2D eigenvalue weighted by Crippen LogP contribution is -2.05. The van der Waals surface area contributed by atoms with E-state index < -0.39 is 9.84 Å². The highest BCUT2D eigenvalue weighted by Gasteiger charge is 2.17. The molecule has 0 saturated carbocycles. The first-order valence-corrected chi connectivity index (χ1v) is 8.03. The Morgan fingerprint density at radius 3 is 2.26 bits per heavy atom. The van der Waals surface area contributed by atoms with Gasteiger partial charge in [-0.2, -0.15) is 0 Å². The van der Waals surface area contributed by atoms with Gasteiger partial charge in [0.25, 0.3) is 0 Å². The monoisotopic (exact) mass is 314 g/mol. The first-order chi connectivity index (χ1) is 8.88. The fourth-order valence-electron chi connectivity index (χ4n) is 1.69. The van der Waals surface area contributed by atoms with Gasteiger partial charge in [-0.15, -0.1) is 0 Å². The summed E-state index contributed by atoms with van der Waals surface area (Å²) in [5.41, 5.74) is 1.52. The van der Waals surface area contributed by atoms with Crippen molar-refractivity contribution >= 4 is 33.0 Å². The Kier molecular flexibility index (Phi) is 4.19. The van der Waals surface area contributed by atoms with E-state index in [9.17, 15) is 8.42 Å². The molecule has 19 heavy (non-hydrogen) atoms. The third kappa shape index (κ3) is 3.50. The Hall–Kier alpha value is -1.03. The molecule has 0 bridgehead atoms. The zero-order chi connectivity index (χ0) is 14.0. The van der Waals surface area contributed by atoms with E-state index in [0.717, 1.165) is 5.56 Å². The third-order valence-electron chi connectivity index (χ3n) is 2.73. The van der Waals surface area contributed by atoms with Gasteiger partial charge in [0.2, 0.25) is 0 Å². The van der Waals surface area contributed by atoms with Crippen LogP contribution in [0.3, 0.4) is 0 Å². The predicted octanol–water partition coefficient (Wildman–Crippen LogP) is 4.28. The van der Waals surface area contributed by atoms with Crippen LogP contribution in [0.25, 0.3) is 0 Å². The summed E-state index contributed by atoms with van der Waals surface area (Å²) in [6, 6.07) is 11.6. The van der Waals surface area contributed by atoms with Crippen molar-refractivity contribution in [2.45, 2.75) is 17.6 Å². The molecule has 0 radical (unpaired) electrons. The number of rotatable bonds is 3. The van der Waals surface area contributed by atoms with Crippen LogP contribution in [0.2, 0.25) is 10.0 Å². The van der Waals surface area contributed by atoms with E-state index in [1.807, 2.05) is 6.92 Å². The summed E-state index contributed by atoms with van der Waals surface area (Å²) >= 11 is 11.9. The molecular formula is C14H12Cl2O2S. The smallest absolute Gasteiger partial charge is 0.182 e. The number of halogens is 2. The lowest BCUT2D eigenvalue weighted by Gasteiger charge is -2.07. The van der Waals surface area contributed by atoms with E-state index in [0.29, 0.717) is 15.6 Å². The van der Waals surface area contributed by atoms with Crippen LogP contribution in [-0.2, 0) is 15.6 Å². The van der Waals surface area contributed by atoms with Crippen LogP contribution >= 0.6 is 23.2 Å². The van der Waals surface area contributed by atoms with E-state index in [-0.39, 0.29) is 10.6 Å². The van der Waals surface area contributed by atoms with Crippen molar-refractivity contribution in [1.82, 2.24) is 0 Å². The summed E-state index contributed by atoms with van der Waals surface area (Å²) in [4.78, 5) is 0.286. The highest BCUT2D eigenvalue weighted by molar-refractivity contribution is 7.90. The first-order valence-electron chi connectivity index (χ1n) is 5.62. The van der Waals surface area contributed by atoms with Crippen molar-refractivity contribution in [3.63, 3.8) is 0 Å². The molecule has 0 aliphatic rings. The minimum Gasteiger partial charge on any atom is -0.223 e. The SMILES string of the molecule is Cc1ccc(S(=O)(=O)Cc2cc(Cl)ccc2Cl)cc1. The standard InChI is InChI=1S/C14H12Cl2O2S/c1-10-2-5-13(6-3-10)19(17,18)9-11-8-12(15)4-7-14(11)16/h2-8H,9H2,1H3. The zero-order valence-electron chi connectivity index (χ0n) is 10.2. The van der Waals surface area contributed by atoms with Crippen LogP contribution in [0.5, 0.6) is 0 Å². The average Bonchev–Trinajstić information content (AvgIpc) is 2.34. The first kappa shape index (κ1) is 14.4. The van der Waals surface area contributed by atoms with Crippen molar-refractivity contribution < 1.29 is 8.42 Å². The Morgan fingerprint density at radius 2 is 1.63 bits per heavy atom. The van der Waals surface area contributed by atoms with Gasteiger partial charge in [0.1, 0.15) is 0 Å². The minimum absolute atomic E-state index is 0.157. The molecule has 0 fully saturated rings. The second-order valence-electron chi connectivity index (χ2n) is 4.31. The van der Waals surface area contributed by atoms with Crippen molar-refractivity contribution in [2.75, 3.05) is 0 Å². The molecule has 2 nitrogen and oxygen atoms in total. The molecule has 0 heterocycles. The normalized spacial score (nSPS) is 11.5. The van der Waals surface area contributed by atoms with Crippen LogP contribution in [-0.4, -0.2) is 8.42 Å². The van der Waals surface area contributed by atoms with E-state index in [1.165, 1.54) is 0 Å². The maximum Gasteiger partial charge on any atom is 0.182 e. The highest BCUT2D eigenvalue weighted by atomic mass is 35.5. The maximum absolute atomic E-state index is 12.3. The van der Waals surface area contributed by atoms with Crippen molar-refractivity contribution in [3.8, 4) is 0 Å². The Balaban J connectivity index is 2.36. The molecule has 0 saturated heterocycles. The van der Waals surface area contributed by atoms with E-state index in [2.05, 4.69) is 0 Å². The second-order valence-corrected chi connectivity index (χ2v) is 7.14. The fraction of sp³-hybridized carbons (Fsp3) is 0.143. The van der Waals surface area contributed by atoms with Crippen LogP contribution in [0.15, 0.2) is 47.4 Å². The summed E-state index contributed by atoms with van der Waals surface area (Å²) in [5.74, 6) is -0.157. The van der Waals surface area contributed by atoms with Gasteiger partial charge in [0.05, 0.1) is 10.6 Å². The molecule has 0 unspecified atom stereocenters. The molecule has 0 spiro atoms. The fourth-order valence-corrected chi connectivity index (χ4v) is 3.51. The molecule has 5 heteroatoms. The predicted molar refractivity (Wildman–Crippen MR) is 78.5 cm³/mol. The zero-order valence-corrected chi connectivity index (χ0v) is 12.6. The molecule has 0 amide bonds. The molecule has 2 rings (SSSR count). The Morgan fingerprint density at radius 1 is 1.00 bits per heavy atom. The lowest BCUT2D eigenvalue weighted by atomic mass is 10.2. The van der Waals surface area contributed by atoms with Gasteiger partial charge in [-0.25, -0.2) is 8.42 Å². The quantitative estimate of drug-likeness (QED) is 0.847. The third-order valence-corrected chi connectivity index (χ3v) is 5.02. The molecular weight excluding hydrogens is 303 g/mol. The largest absolute Gasteiger partial charge is 0.223 e. The molecule has 2 aromatic rings. The number of aryl methyl sites for hydroxylation is 1. The average molecular weight is 315 g/mol. The van der Waals surface area contributed by atoms with Crippen molar-refractivity contribution in [2.24, 2.45) is 0 Å². The molecule has 0 atom stereocenters. The van der Waals surface area contributed by atoms with E-state index >= 15 is 0 Å². The number of hydrogen-bond donors (Lipinski definition) is 0. The van der Waals surface area contributed by atoms with Gasteiger partial charge in [-0.1, -0.05) is 40.9 Å². The molecule has 0 aromatic heterocycles. The van der Waals surface area contributed by atoms with Gasteiger partial charge in [-0.05, 0) is 42.8 Å². The van der Waals surface area contributed by atoms with E-state index in [4.69, 9.17) is 23.2 Å². The molecule has 2 aromatic carbocycles. The van der Waals surface area contributed by atoms with Crippen LogP contribution in [0.1, 0.15) is 11.1 Å². The summed E-state index contributed by atoms with van der Waals surface area (Å²) in [5, 5.41) is 0.874. The highest BCUT2D eigenvalue weighted by Crippen LogP contribution is 2.25. The van der Waals surface area contributed by atoms with Gasteiger partial charge in [0, 0.05) is 10.0 Å². The van der Waals surface area contributed by atoms with Crippen molar-refractivity contribution in [1.29, 1.82) is 0 Å². The van der Waals surface area contributed by atoms with E-state index in [1.54, 1.807) is 42.5 Å². The number of sulfone groups is 1. The van der Waals surface area contributed by atoms with Gasteiger partial charge >= 0.3 is 0 Å². The van der Waals surface area contributed by atoms with Gasteiger partial charge in [0.15, 0.2) is 9.84 Å².